The molecule has 0 heterocycles. The molecule has 98 valence electrons. The zero-order valence-electron chi connectivity index (χ0n) is 10.4. The van der Waals surface area contributed by atoms with Gasteiger partial charge in [-0.05, 0) is 31.4 Å². The first kappa shape index (κ1) is 15.6. The molecule has 0 saturated heterocycles. The fourth-order valence-corrected chi connectivity index (χ4v) is 1.42. The molecule has 0 fully saturated rings. The predicted molar refractivity (Wildman–Crippen MR) is 60.8 cm³/mol. The lowest BCUT2D eigenvalue weighted by atomic mass is 9.91. The normalized spacial score (nSPS) is 12.7. The molecule has 1 atom stereocenters. The molecule has 0 aromatic carbocycles. The van der Waals surface area contributed by atoms with Crippen molar-refractivity contribution in [2.75, 3.05) is 14.2 Å². The van der Waals surface area contributed by atoms with Crippen LogP contribution in [0.4, 0.5) is 0 Å². The monoisotopic (exact) mass is 245 g/mol. The molecule has 0 unspecified atom stereocenters. The summed E-state index contributed by atoms with van der Waals surface area (Å²) in [6.07, 6.45) is 2.14. The van der Waals surface area contributed by atoms with E-state index in [-0.39, 0.29) is 12.3 Å². The van der Waals surface area contributed by atoms with E-state index < -0.39 is 17.5 Å². The highest BCUT2D eigenvalue weighted by Gasteiger charge is 2.46. The highest BCUT2D eigenvalue weighted by atomic mass is 16.6. The molecule has 17 heavy (non-hydrogen) atoms. The van der Waals surface area contributed by atoms with Crippen LogP contribution in [-0.4, -0.2) is 43.1 Å². The van der Waals surface area contributed by atoms with Gasteiger partial charge in [-0.15, -0.1) is 0 Å². The summed E-state index contributed by atoms with van der Waals surface area (Å²) in [6, 6.07) is 0. The molecule has 0 bridgehead atoms. The van der Waals surface area contributed by atoms with Gasteiger partial charge in [0, 0.05) is 0 Å². The fraction of sp³-hybridized carbons (Fsp3) is 0.727. The van der Waals surface area contributed by atoms with Crippen LogP contribution in [0.5, 0.6) is 0 Å². The van der Waals surface area contributed by atoms with Crippen molar-refractivity contribution in [3.05, 3.63) is 0 Å². The standard InChI is InChI=1S/C11H19NO5/c1-4-8(7-12)5-6-11(15,9(13)16-2)10(14)17-3/h7-8,12,15H,4-6H2,1-3H3/t8-/m1/s1. The number of rotatable bonds is 7. The Hall–Kier alpha value is -1.43. The maximum Gasteiger partial charge on any atom is 0.349 e. The highest BCUT2D eigenvalue weighted by molar-refractivity contribution is 6.03. The van der Waals surface area contributed by atoms with E-state index in [1.54, 1.807) is 0 Å². The minimum atomic E-state index is -2.28. The van der Waals surface area contributed by atoms with Gasteiger partial charge < -0.3 is 20.0 Å². The van der Waals surface area contributed by atoms with E-state index in [9.17, 15) is 14.7 Å². The summed E-state index contributed by atoms with van der Waals surface area (Å²) in [4.78, 5) is 22.8. The molecule has 0 aliphatic carbocycles. The topological polar surface area (TPSA) is 96.7 Å². The number of carbonyl (C=O) groups is 2. The van der Waals surface area contributed by atoms with Crippen molar-refractivity contribution in [2.45, 2.75) is 31.8 Å². The van der Waals surface area contributed by atoms with Crippen LogP contribution in [0, 0.1) is 11.3 Å². The van der Waals surface area contributed by atoms with E-state index in [1.165, 1.54) is 6.21 Å². The van der Waals surface area contributed by atoms with E-state index in [1.807, 2.05) is 6.92 Å². The highest BCUT2D eigenvalue weighted by Crippen LogP contribution is 2.21. The molecule has 0 radical (unpaired) electrons. The fourth-order valence-electron chi connectivity index (χ4n) is 1.42. The Balaban J connectivity index is 4.77. The molecular formula is C11H19NO5. The number of nitrogens with one attached hydrogen (secondary N) is 1. The molecule has 6 heteroatoms. The van der Waals surface area contributed by atoms with Gasteiger partial charge in [-0.2, -0.15) is 0 Å². The minimum Gasteiger partial charge on any atom is -0.466 e. The van der Waals surface area contributed by atoms with E-state index in [2.05, 4.69) is 9.47 Å². The summed E-state index contributed by atoms with van der Waals surface area (Å²) in [5.41, 5.74) is -2.28. The minimum absolute atomic E-state index is 0.0872. The summed E-state index contributed by atoms with van der Waals surface area (Å²) >= 11 is 0. The predicted octanol–water partition coefficient (Wildman–Crippen LogP) is 0.519. The molecule has 2 N–H and O–H groups in total. The van der Waals surface area contributed by atoms with Gasteiger partial charge in [0.15, 0.2) is 0 Å². The van der Waals surface area contributed by atoms with E-state index in [0.717, 1.165) is 14.2 Å². The van der Waals surface area contributed by atoms with Gasteiger partial charge >= 0.3 is 11.9 Å². The zero-order chi connectivity index (χ0) is 13.5. The summed E-state index contributed by atoms with van der Waals surface area (Å²) in [5, 5.41) is 17.1. The molecule has 0 aliphatic rings. The van der Waals surface area contributed by atoms with Gasteiger partial charge in [-0.25, -0.2) is 9.59 Å². The van der Waals surface area contributed by atoms with Crippen molar-refractivity contribution in [2.24, 2.45) is 5.92 Å². The van der Waals surface area contributed by atoms with Crippen molar-refractivity contribution in [1.82, 2.24) is 0 Å². The van der Waals surface area contributed by atoms with Crippen molar-refractivity contribution in [1.29, 1.82) is 5.41 Å². The van der Waals surface area contributed by atoms with Gasteiger partial charge in [0.05, 0.1) is 14.2 Å². The number of hydrogen-bond acceptors (Lipinski definition) is 6. The van der Waals surface area contributed by atoms with Gasteiger partial charge in [0.25, 0.3) is 5.60 Å². The molecule has 6 nitrogen and oxygen atoms in total. The molecule has 0 aromatic heterocycles. The van der Waals surface area contributed by atoms with Crippen LogP contribution in [0.15, 0.2) is 0 Å². The van der Waals surface area contributed by atoms with Gasteiger partial charge in [0.2, 0.25) is 0 Å². The Morgan fingerprint density at radius 1 is 1.35 bits per heavy atom. The van der Waals surface area contributed by atoms with Gasteiger partial charge in [-0.1, -0.05) is 6.92 Å². The Morgan fingerprint density at radius 2 is 1.82 bits per heavy atom. The lowest BCUT2D eigenvalue weighted by Gasteiger charge is -2.23. The second kappa shape index (κ2) is 7.01. The van der Waals surface area contributed by atoms with Crippen LogP contribution in [-0.2, 0) is 19.1 Å². The summed E-state index contributed by atoms with van der Waals surface area (Å²) in [6.45, 7) is 1.88. The van der Waals surface area contributed by atoms with Gasteiger partial charge in [-0.3, -0.25) is 0 Å². The maximum absolute atomic E-state index is 11.4. The van der Waals surface area contributed by atoms with Crippen molar-refractivity contribution in [3.8, 4) is 0 Å². The third kappa shape index (κ3) is 3.81. The number of esters is 2. The van der Waals surface area contributed by atoms with Crippen LogP contribution in [0.1, 0.15) is 26.2 Å². The molecule has 0 amide bonds. The van der Waals surface area contributed by atoms with Crippen molar-refractivity contribution >= 4 is 18.2 Å². The van der Waals surface area contributed by atoms with E-state index >= 15 is 0 Å². The Bertz CT molecular complexity index is 274. The SMILES string of the molecule is CC[C@@H](C=N)CCC(O)(C(=O)OC)C(=O)OC. The second-order valence-corrected chi connectivity index (χ2v) is 3.72. The molecule has 0 aliphatic heterocycles. The third-order valence-corrected chi connectivity index (χ3v) is 2.68. The Kier molecular flexibility index (Phi) is 6.42. The van der Waals surface area contributed by atoms with E-state index in [4.69, 9.17) is 5.41 Å². The van der Waals surface area contributed by atoms with Crippen LogP contribution in [0.25, 0.3) is 0 Å². The maximum atomic E-state index is 11.4. The van der Waals surface area contributed by atoms with Crippen LogP contribution >= 0.6 is 0 Å². The van der Waals surface area contributed by atoms with Crippen LogP contribution in [0.2, 0.25) is 0 Å². The molecule has 0 rings (SSSR count). The number of ether oxygens (including phenoxy) is 2. The molecule has 0 aromatic rings. The van der Waals surface area contributed by atoms with Crippen LogP contribution < -0.4 is 0 Å². The lowest BCUT2D eigenvalue weighted by molar-refractivity contribution is -0.181. The number of methoxy groups -OCH3 is 2. The average Bonchev–Trinajstić information content (AvgIpc) is 2.37. The summed E-state index contributed by atoms with van der Waals surface area (Å²) in [7, 11) is 2.17. The quantitative estimate of drug-likeness (QED) is 0.387. The smallest absolute Gasteiger partial charge is 0.349 e. The largest absolute Gasteiger partial charge is 0.466 e. The number of hydrogen-bond donors (Lipinski definition) is 2. The third-order valence-electron chi connectivity index (χ3n) is 2.68. The first-order valence-corrected chi connectivity index (χ1v) is 5.36. The Labute approximate surface area is 100 Å². The number of aliphatic hydroxyl groups is 1. The molecule has 0 saturated carbocycles. The van der Waals surface area contributed by atoms with Crippen molar-refractivity contribution < 1.29 is 24.2 Å². The molecule has 0 spiro atoms. The number of carbonyl (C=O) groups excluding carboxylic acids is 2. The zero-order valence-corrected chi connectivity index (χ0v) is 10.4. The van der Waals surface area contributed by atoms with Crippen molar-refractivity contribution in [3.63, 3.8) is 0 Å². The second-order valence-electron chi connectivity index (χ2n) is 3.72. The Morgan fingerprint density at radius 3 is 2.12 bits per heavy atom. The van der Waals surface area contributed by atoms with E-state index in [0.29, 0.717) is 12.8 Å². The molecular weight excluding hydrogens is 226 g/mol. The average molecular weight is 245 g/mol. The van der Waals surface area contributed by atoms with Crippen LogP contribution in [0.3, 0.4) is 0 Å². The first-order chi connectivity index (χ1) is 7.96. The first-order valence-electron chi connectivity index (χ1n) is 5.36. The summed E-state index contributed by atoms with van der Waals surface area (Å²) in [5.74, 6) is -2.16. The summed E-state index contributed by atoms with van der Waals surface area (Å²) < 4.78 is 8.78. The van der Waals surface area contributed by atoms with Gasteiger partial charge in [0.1, 0.15) is 0 Å². The lowest BCUT2D eigenvalue weighted by Crippen LogP contribution is -2.48.